The molecule has 28 heavy (non-hydrogen) atoms. The van der Waals surface area contributed by atoms with Gasteiger partial charge in [-0.2, -0.15) is 13.2 Å². The summed E-state index contributed by atoms with van der Waals surface area (Å²) < 4.78 is 42.1. The number of halogens is 3. The molecule has 2 amide bonds. The molecule has 1 aromatic carbocycles. The number of benzene rings is 1. The van der Waals surface area contributed by atoms with Crippen molar-refractivity contribution in [1.82, 2.24) is 19.6 Å². The highest BCUT2D eigenvalue weighted by Gasteiger charge is 2.41. The average Bonchev–Trinajstić information content (AvgIpc) is 3.14. The third-order valence-corrected chi connectivity index (χ3v) is 4.67. The number of hydrogen-bond donors (Lipinski definition) is 1. The van der Waals surface area contributed by atoms with Crippen molar-refractivity contribution in [2.45, 2.75) is 12.2 Å². The number of alkyl halides is 3. The number of nitrogens with zero attached hydrogens (tertiary/aromatic N) is 3. The standard InChI is InChI=1S/C19H15F3N4O2/c20-19(21,22)14-4-2-1-3-13(14)16-17(27)24-8-10-26(16)18(28)12-5-6-15-23-7-9-25(15)11-12/h1-7,9,11,16H,8,10H2,(H,24,27). The zero-order valence-electron chi connectivity index (χ0n) is 14.5. The number of aromatic nitrogens is 2. The van der Waals surface area contributed by atoms with Crippen LogP contribution in [0.25, 0.3) is 5.65 Å². The molecular weight excluding hydrogens is 373 g/mol. The van der Waals surface area contributed by atoms with Crippen LogP contribution in [0.4, 0.5) is 13.2 Å². The first-order valence-corrected chi connectivity index (χ1v) is 8.54. The summed E-state index contributed by atoms with van der Waals surface area (Å²) in [7, 11) is 0. The van der Waals surface area contributed by atoms with E-state index in [1.807, 2.05) is 0 Å². The minimum absolute atomic E-state index is 0.101. The molecule has 0 spiro atoms. The number of fused-ring (bicyclic) bond motifs is 1. The van der Waals surface area contributed by atoms with E-state index in [2.05, 4.69) is 10.3 Å². The third-order valence-electron chi connectivity index (χ3n) is 4.67. The zero-order chi connectivity index (χ0) is 19.9. The van der Waals surface area contributed by atoms with E-state index < -0.39 is 29.6 Å². The second-order valence-corrected chi connectivity index (χ2v) is 6.39. The van der Waals surface area contributed by atoms with Crippen molar-refractivity contribution < 1.29 is 22.8 Å². The Hall–Kier alpha value is -3.36. The Bertz CT molecular complexity index is 1060. The predicted molar refractivity (Wildman–Crippen MR) is 93.4 cm³/mol. The minimum Gasteiger partial charge on any atom is -0.352 e. The smallest absolute Gasteiger partial charge is 0.352 e. The lowest BCUT2D eigenvalue weighted by Gasteiger charge is -2.36. The molecule has 0 bridgehead atoms. The molecule has 3 aromatic rings. The summed E-state index contributed by atoms with van der Waals surface area (Å²) in [6, 6.07) is 6.64. The van der Waals surface area contributed by atoms with Gasteiger partial charge in [0, 0.05) is 31.7 Å². The number of piperazine rings is 1. The van der Waals surface area contributed by atoms with Crippen molar-refractivity contribution in [2.75, 3.05) is 13.1 Å². The molecule has 4 rings (SSSR count). The summed E-state index contributed by atoms with van der Waals surface area (Å²) in [4.78, 5) is 30.9. The molecule has 1 atom stereocenters. The Morgan fingerprint density at radius 2 is 1.96 bits per heavy atom. The lowest BCUT2D eigenvalue weighted by Crippen LogP contribution is -2.52. The minimum atomic E-state index is -4.64. The maximum atomic E-state index is 13.5. The molecule has 1 aliphatic rings. The maximum Gasteiger partial charge on any atom is 0.416 e. The van der Waals surface area contributed by atoms with E-state index in [-0.39, 0.29) is 24.2 Å². The predicted octanol–water partition coefficient (Wildman–Crippen LogP) is 2.67. The molecule has 1 unspecified atom stereocenters. The molecule has 1 fully saturated rings. The normalized spacial score (nSPS) is 17.6. The van der Waals surface area contributed by atoms with Crippen molar-refractivity contribution >= 4 is 17.5 Å². The molecule has 0 radical (unpaired) electrons. The van der Waals surface area contributed by atoms with Crippen LogP contribution >= 0.6 is 0 Å². The van der Waals surface area contributed by atoms with E-state index in [1.165, 1.54) is 23.1 Å². The van der Waals surface area contributed by atoms with E-state index in [4.69, 9.17) is 0 Å². The number of hydrogen-bond acceptors (Lipinski definition) is 3. The van der Waals surface area contributed by atoms with Gasteiger partial charge in [0.05, 0.1) is 11.1 Å². The Kier molecular flexibility index (Phi) is 4.29. The SMILES string of the molecule is O=C1NCCN(C(=O)c2ccc3nccn3c2)C1c1ccccc1C(F)(F)F. The van der Waals surface area contributed by atoms with Crippen molar-refractivity contribution in [3.05, 3.63) is 71.7 Å². The van der Waals surface area contributed by atoms with Gasteiger partial charge in [-0.1, -0.05) is 18.2 Å². The van der Waals surface area contributed by atoms with Gasteiger partial charge in [-0.15, -0.1) is 0 Å². The van der Waals surface area contributed by atoms with Gasteiger partial charge < -0.3 is 14.6 Å². The highest BCUT2D eigenvalue weighted by atomic mass is 19.4. The van der Waals surface area contributed by atoms with Gasteiger partial charge in [0.1, 0.15) is 11.7 Å². The maximum absolute atomic E-state index is 13.5. The molecule has 1 N–H and O–H groups in total. The Morgan fingerprint density at radius 3 is 2.75 bits per heavy atom. The molecule has 6 nitrogen and oxygen atoms in total. The van der Waals surface area contributed by atoms with E-state index in [0.717, 1.165) is 6.07 Å². The molecule has 0 saturated carbocycles. The molecule has 144 valence electrons. The fourth-order valence-corrected chi connectivity index (χ4v) is 3.40. The van der Waals surface area contributed by atoms with Gasteiger partial charge in [-0.3, -0.25) is 9.59 Å². The second kappa shape index (κ2) is 6.66. The number of amides is 2. The summed E-state index contributed by atoms with van der Waals surface area (Å²) in [6.07, 6.45) is 0.133. The second-order valence-electron chi connectivity index (χ2n) is 6.39. The quantitative estimate of drug-likeness (QED) is 0.734. The Labute approximate surface area is 157 Å². The van der Waals surface area contributed by atoms with Gasteiger partial charge in [0.25, 0.3) is 5.91 Å². The number of pyridine rings is 1. The summed E-state index contributed by atoms with van der Waals surface area (Å²) in [5.74, 6) is -1.16. The monoisotopic (exact) mass is 388 g/mol. The van der Waals surface area contributed by atoms with Gasteiger partial charge in [0.15, 0.2) is 0 Å². The molecule has 1 saturated heterocycles. The Balaban J connectivity index is 1.77. The molecule has 0 aliphatic carbocycles. The van der Waals surface area contributed by atoms with Gasteiger partial charge >= 0.3 is 6.18 Å². The van der Waals surface area contributed by atoms with E-state index >= 15 is 0 Å². The number of imidazole rings is 1. The van der Waals surface area contributed by atoms with E-state index in [9.17, 15) is 22.8 Å². The first-order chi connectivity index (χ1) is 13.4. The number of nitrogens with one attached hydrogen (secondary N) is 1. The first kappa shape index (κ1) is 18.0. The highest BCUT2D eigenvalue weighted by Crippen LogP contribution is 2.37. The number of carbonyl (C=O) groups excluding carboxylic acids is 2. The highest BCUT2D eigenvalue weighted by molar-refractivity contribution is 5.98. The van der Waals surface area contributed by atoms with Gasteiger partial charge in [-0.25, -0.2) is 4.98 Å². The molecule has 3 heterocycles. The van der Waals surface area contributed by atoms with Crippen LogP contribution in [0.3, 0.4) is 0 Å². The molecule has 2 aromatic heterocycles. The summed E-state index contributed by atoms with van der Waals surface area (Å²) in [5.41, 5.74) is -0.286. The van der Waals surface area contributed by atoms with Crippen molar-refractivity contribution in [3.63, 3.8) is 0 Å². The number of rotatable bonds is 2. The third kappa shape index (κ3) is 3.08. The lowest BCUT2D eigenvalue weighted by molar-refractivity contribution is -0.139. The average molecular weight is 388 g/mol. The van der Waals surface area contributed by atoms with Gasteiger partial charge in [0.2, 0.25) is 5.91 Å². The fourth-order valence-electron chi connectivity index (χ4n) is 3.40. The number of carbonyl (C=O) groups is 2. The molecule has 1 aliphatic heterocycles. The molecule has 9 heteroatoms. The first-order valence-electron chi connectivity index (χ1n) is 8.54. The van der Waals surface area contributed by atoms with Crippen molar-refractivity contribution in [3.8, 4) is 0 Å². The summed E-state index contributed by atoms with van der Waals surface area (Å²) in [5, 5.41) is 2.56. The van der Waals surface area contributed by atoms with Crippen LogP contribution in [0.5, 0.6) is 0 Å². The van der Waals surface area contributed by atoms with Crippen LogP contribution < -0.4 is 5.32 Å². The van der Waals surface area contributed by atoms with Crippen LogP contribution in [-0.2, 0) is 11.0 Å². The van der Waals surface area contributed by atoms with Crippen molar-refractivity contribution in [2.24, 2.45) is 0 Å². The lowest BCUT2D eigenvalue weighted by atomic mass is 9.96. The molecular formula is C19H15F3N4O2. The van der Waals surface area contributed by atoms with E-state index in [0.29, 0.717) is 5.65 Å². The van der Waals surface area contributed by atoms with Gasteiger partial charge in [-0.05, 0) is 23.8 Å². The zero-order valence-corrected chi connectivity index (χ0v) is 14.5. The van der Waals surface area contributed by atoms with Crippen LogP contribution in [0, 0.1) is 0 Å². The van der Waals surface area contributed by atoms with Crippen LogP contribution in [0.2, 0.25) is 0 Å². The van der Waals surface area contributed by atoms with Crippen molar-refractivity contribution in [1.29, 1.82) is 0 Å². The Morgan fingerprint density at radius 1 is 1.18 bits per heavy atom. The summed E-state index contributed by atoms with van der Waals surface area (Å²) in [6.45, 7) is 0.270. The van der Waals surface area contributed by atoms with Crippen LogP contribution in [0.15, 0.2) is 55.0 Å². The van der Waals surface area contributed by atoms with Crippen LogP contribution in [0.1, 0.15) is 27.5 Å². The fraction of sp³-hybridized carbons (Fsp3) is 0.211. The topological polar surface area (TPSA) is 66.7 Å². The largest absolute Gasteiger partial charge is 0.416 e. The van der Waals surface area contributed by atoms with Crippen LogP contribution in [-0.4, -0.2) is 39.2 Å². The summed E-state index contributed by atoms with van der Waals surface area (Å²) >= 11 is 0. The van der Waals surface area contributed by atoms with E-state index in [1.54, 1.807) is 35.1 Å².